The molecule has 60 valence electrons. The molecule has 1 heterocycles. The van der Waals surface area contributed by atoms with Crippen molar-refractivity contribution in [3.63, 3.8) is 0 Å². The molecule has 0 aliphatic heterocycles. The minimum atomic E-state index is 0.250. The number of nitrogens with two attached hydrogens (primary N) is 1. The van der Waals surface area contributed by atoms with Crippen LogP contribution in [-0.4, -0.2) is 11.0 Å². The lowest BCUT2D eigenvalue weighted by molar-refractivity contribution is 0.545. The van der Waals surface area contributed by atoms with Crippen LogP contribution in [0.15, 0.2) is 10.9 Å². The molecule has 1 aromatic heterocycles. The lowest BCUT2D eigenvalue weighted by Crippen LogP contribution is -2.31. The van der Waals surface area contributed by atoms with Gasteiger partial charge >= 0.3 is 0 Å². The van der Waals surface area contributed by atoms with E-state index < -0.39 is 0 Å². The molecule has 11 heavy (non-hydrogen) atoms. The molecule has 1 aliphatic carbocycles. The number of nitrogens with zero attached hydrogens (tertiary/aromatic N) is 1. The zero-order valence-corrected chi connectivity index (χ0v) is 7.40. The molecule has 1 fully saturated rings. The van der Waals surface area contributed by atoms with Gasteiger partial charge in [-0.15, -0.1) is 11.3 Å². The Bertz CT molecular complexity index is 237. The van der Waals surface area contributed by atoms with Gasteiger partial charge in [0.2, 0.25) is 0 Å². The molecule has 1 aliphatic rings. The van der Waals surface area contributed by atoms with Crippen LogP contribution in [0.5, 0.6) is 0 Å². The lowest BCUT2D eigenvalue weighted by Gasteiger charge is -2.16. The van der Waals surface area contributed by atoms with Crippen LogP contribution in [-0.2, 0) is 5.41 Å². The second-order valence-electron chi connectivity index (χ2n) is 3.32. The molecular weight excluding hydrogens is 156 g/mol. The van der Waals surface area contributed by atoms with Crippen molar-refractivity contribution in [2.24, 2.45) is 5.73 Å². The Kier molecular flexibility index (Phi) is 1.51. The van der Waals surface area contributed by atoms with E-state index in [-0.39, 0.29) is 11.5 Å². The zero-order chi connectivity index (χ0) is 7.90. The van der Waals surface area contributed by atoms with Gasteiger partial charge in [-0.25, -0.2) is 4.98 Å². The smallest absolute Gasteiger partial charge is 0.0794 e. The van der Waals surface area contributed by atoms with Gasteiger partial charge in [-0.3, -0.25) is 0 Å². The molecule has 0 aromatic carbocycles. The summed E-state index contributed by atoms with van der Waals surface area (Å²) in [4.78, 5) is 4.31. The van der Waals surface area contributed by atoms with Gasteiger partial charge in [0.1, 0.15) is 0 Å². The molecule has 2 rings (SSSR count). The minimum absolute atomic E-state index is 0.250. The van der Waals surface area contributed by atoms with E-state index in [1.807, 2.05) is 5.51 Å². The maximum absolute atomic E-state index is 5.89. The van der Waals surface area contributed by atoms with Crippen molar-refractivity contribution >= 4 is 11.3 Å². The second kappa shape index (κ2) is 2.29. The first-order valence-electron chi connectivity index (χ1n) is 3.90. The van der Waals surface area contributed by atoms with Crippen LogP contribution >= 0.6 is 11.3 Å². The molecule has 2 N–H and O–H groups in total. The number of aromatic nitrogens is 1. The van der Waals surface area contributed by atoms with E-state index in [4.69, 9.17) is 5.73 Å². The largest absolute Gasteiger partial charge is 0.327 e. The summed E-state index contributed by atoms with van der Waals surface area (Å²) in [5.74, 6) is 0. The third kappa shape index (κ3) is 0.993. The molecule has 1 atom stereocenters. The lowest BCUT2D eigenvalue weighted by atomic mass is 9.96. The molecule has 2 nitrogen and oxygen atoms in total. The van der Waals surface area contributed by atoms with Crippen molar-refractivity contribution in [3.05, 3.63) is 16.6 Å². The van der Waals surface area contributed by atoms with Gasteiger partial charge in [0.25, 0.3) is 0 Å². The van der Waals surface area contributed by atoms with Crippen molar-refractivity contribution in [1.29, 1.82) is 0 Å². The maximum Gasteiger partial charge on any atom is 0.0794 e. The van der Waals surface area contributed by atoms with Crippen LogP contribution in [0.25, 0.3) is 0 Å². The maximum atomic E-state index is 5.89. The van der Waals surface area contributed by atoms with Crippen LogP contribution in [0.4, 0.5) is 0 Å². The summed E-state index contributed by atoms with van der Waals surface area (Å²) in [5.41, 5.74) is 9.23. The standard InChI is InChI=1S/C8H12N2S/c1-6(9)8(2-3-8)7-4-11-5-10-7/h4-6H,2-3,9H2,1H3. The van der Waals surface area contributed by atoms with E-state index in [9.17, 15) is 0 Å². The SMILES string of the molecule is CC(N)C1(c2cscn2)CC1. The Morgan fingerprint density at radius 3 is 2.82 bits per heavy atom. The third-order valence-electron chi connectivity index (χ3n) is 2.60. The minimum Gasteiger partial charge on any atom is -0.327 e. The summed E-state index contributed by atoms with van der Waals surface area (Å²) in [5, 5.41) is 2.12. The van der Waals surface area contributed by atoms with Crippen LogP contribution < -0.4 is 5.73 Å². The number of rotatable bonds is 2. The van der Waals surface area contributed by atoms with Crippen molar-refractivity contribution in [1.82, 2.24) is 4.98 Å². The molecular formula is C8H12N2S. The highest BCUT2D eigenvalue weighted by Crippen LogP contribution is 2.49. The third-order valence-corrected chi connectivity index (χ3v) is 3.19. The molecule has 0 spiro atoms. The molecule has 0 radical (unpaired) electrons. The molecule has 1 unspecified atom stereocenters. The zero-order valence-electron chi connectivity index (χ0n) is 6.58. The summed E-state index contributed by atoms with van der Waals surface area (Å²) in [6.07, 6.45) is 2.43. The van der Waals surface area contributed by atoms with Crippen molar-refractivity contribution in [2.75, 3.05) is 0 Å². The van der Waals surface area contributed by atoms with Crippen molar-refractivity contribution < 1.29 is 0 Å². The fourth-order valence-corrected chi connectivity index (χ4v) is 2.20. The van der Waals surface area contributed by atoms with Crippen molar-refractivity contribution in [2.45, 2.75) is 31.2 Å². The first-order valence-corrected chi connectivity index (χ1v) is 4.84. The van der Waals surface area contributed by atoms with Gasteiger partial charge in [0.05, 0.1) is 11.2 Å². The van der Waals surface area contributed by atoms with Crippen LogP contribution in [0.2, 0.25) is 0 Å². The van der Waals surface area contributed by atoms with E-state index >= 15 is 0 Å². The van der Waals surface area contributed by atoms with Gasteiger partial charge in [-0.1, -0.05) is 0 Å². The highest BCUT2D eigenvalue weighted by atomic mass is 32.1. The molecule has 0 bridgehead atoms. The molecule has 1 saturated carbocycles. The van der Waals surface area contributed by atoms with Gasteiger partial charge in [-0.2, -0.15) is 0 Å². The van der Waals surface area contributed by atoms with E-state index in [0.29, 0.717) is 0 Å². The van der Waals surface area contributed by atoms with Crippen molar-refractivity contribution in [3.8, 4) is 0 Å². The van der Waals surface area contributed by atoms with Crippen LogP contribution in [0, 0.1) is 0 Å². The molecule has 3 heteroatoms. The predicted molar refractivity (Wildman–Crippen MR) is 46.7 cm³/mol. The van der Waals surface area contributed by atoms with E-state index in [2.05, 4.69) is 17.3 Å². The highest BCUT2D eigenvalue weighted by Gasteiger charge is 2.48. The Hall–Kier alpha value is -0.410. The quantitative estimate of drug-likeness (QED) is 0.727. The number of hydrogen-bond acceptors (Lipinski definition) is 3. The summed E-state index contributed by atoms with van der Waals surface area (Å²) >= 11 is 1.66. The van der Waals surface area contributed by atoms with E-state index in [1.54, 1.807) is 11.3 Å². The molecule has 0 amide bonds. The molecule has 1 aromatic rings. The Balaban J connectivity index is 2.29. The Labute approximate surface area is 70.5 Å². The normalized spacial score (nSPS) is 23.1. The summed E-state index contributed by atoms with van der Waals surface area (Å²) < 4.78 is 0. The topological polar surface area (TPSA) is 38.9 Å². The van der Waals surface area contributed by atoms with Crippen LogP contribution in [0.1, 0.15) is 25.5 Å². The van der Waals surface area contributed by atoms with E-state index in [1.165, 1.54) is 18.5 Å². The predicted octanol–water partition coefficient (Wildman–Crippen LogP) is 1.52. The van der Waals surface area contributed by atoms with Crippen LogP contribution in [0.3, 0.4) is 0 Å². The van der Waals surface area contributed by atoms with Gasteiger partial charge in [-0.05, 0) is 19.8 Å². The summed E-state index contributed by atoms with van der Waals surface area (Å²) in [7, 11) is 0. The Morgan fingerprint density at radius 1 is 1.73 bits per heavy atom. The van der Waals surface area contributed by atoms with Gasteiger partial charge in [0, 0.05) is 16.8 Å². The average molecular weight is 168 g/mol. The van der Waals surface area contributed by atoms with Gasteiger partial charge in [0.15, 0.2) is 0 Å². The number of hydrogen-bond donors (Lipinski definition) is 1. The Morgan fingerprint density at radius 2 is 2.45 bits per heavy atom. The van der Waals surface area contributed by atoms with Gasteiger partial charge < -0.3 is 5.73 Å². The summed E-state index contributed by atoms with van der Waals surface area (Å²) in [6.45, 7) is 2.08. The summed E-state index contributed by atoms with van der Waals surface area (Å²) in [6, 6.07) is 0.254. The van der Waals surface area contributed by atoms with E-state index in [0.717, 1.165) is 0 Å². The average Bonchev–Trinajstić information content (AvgIpc) is 2.61. The fraction of sp³-hybridized carbons (Fsp3) is 0.625. The molecule has 0 saturated heterocycles. The fourth-order valence-electron chi connectivity index (χ4n) is 1.54. The number of thiazole rings is 1. The first kappa shape index (κ1) is 7.25. The first-order chi connectivity index (χ1) is 5.26. The second-order valence-corrected chi connectivity index (χ2v) is 4.04. The monoisotopic (exact) mass is 168 g/mol. The highest BCUT2D eigenvalue weighted by molar-refractivity contribution is 7.07.